The fraction of sp³-hybridized carbons (Fsp3) is 0.150. The Hall–Kier alpha value is -3.41. The van der Waals surface area contributed by atoms with Crippen LogP contribution in [0, 0.1) is 6.92 Å². The molecule has 6 nitrogen and oxygen atoms in total. The van der Waals surface area contributed by atoms with Crippen molar-refractivity contribution in [3.63, 3.8) is 0 Å². The zero-order chi connectivity index (χ0) is 18.4. The van der Waals surface area contributed by atoms with Gasteiger partial charge in [-0.1, -0.05) is 30.3 Å². The highest BCUT2D eigenvalue weighted by atomic mass is 16.5. The molecule has 3 aromatic rings. The number of aromatic nitrogens is 2. The molecule has 0 aliphatic heterocycles. The predicted octanol–water partition coefficient (Wildman–Crippen LogP) is 3.66. The van der Waals surface area contributed by atoms with Crippen molar-refractivity contribution in [1.29, 1.82) is 0 Å². The maximum absolute atomic E-state index is 12.3. The third-order valence-electron chi connectivity index (χ3n) is 3.93. The first-order valence-electron chi connectivity index (χ1n) is 8.23. The molecular weight excluding hydrogens is 328 g/mol. The molecule has 1 aromatic heterocycles. The van der Waals surface area contributed by atoms with Gasteiger partial charge in [0.25, 0.3) is 5.91 Å². The van der Waals surface area contributed by atoms with Crippen molar-refractivity contribution >= 4 is 17.5 Å². The first-order chi connectivity index (χ1) is 12.7. The third-order valence-corrected chi connectivity index (χ3v) is 3.93. The number of amides is 1. The van der Waals surface area contributed by atoms with Crippen LogP contribution in [0.2, 0.25) is 0 Å². The summed E-state index contributed by atoms with van der Waals surface area (Å²) in [7, 11) is 1.64. The summed E-state index contributed by atoms with van der Waals surface area (Å²) in [6.07, 6.45) is 0. The fourth-order valence-corrected chi connectivity index (χ4v) is 2.44. The highest BCUT2D eigenvalue weighted by molar-refractivity contribution is 6.04. The maximum atomic E-state index is 12.3. The van der Waals surface area contributed by atoms with Gasteiger partial charge in [0.15, 0.2) is 5.82 Å². The van der Waals surface area contributed by atoms with E-state index in [1.807, 2.05) is 49.4 Å². The van der Waals surface area contributed by atoms with Gasteiger partial charge in [0.2, 0.25) is 0 Å². The zero-order valence-electron chi connectivity index (χ0n) is 14.7. The molecule has 1 amide bonds. The van der Waals surface area contributed by atoms with Gasteiger partial charge in [0.05, 0.1) is 7.11 Å². The molecule has 0 aliphatic rings. The molecule has 0 spiro atoms. The van der Waals surface area contributed by atoms with Crippen molar-refractivity contribution in [3.8, 4) is 5.75 Å². The molecule has 132 valence electrons. The highest BCUT2D eigenvalue weighted by Crippen LogP contribution is 2.14. The van der Waals surface area contributed by atoms with Gasteiger partial charge in [-0.2, -0.15) is 0 Å². The van der Waals surface area contributed by atoms with E-state index in [0.717, 1.165) is 16.9 Å². The Morgan fingerprint density at radius 2 is 1.65 bits per heavy atom. The molecule has 0 radical (unpaired) electrons. The minimum atomic E-state index is -0.198. The number of nitrogens with one attached hydrogen (secondary N) is 2. The fourth-order valence-electron chi connectivity index (χ4n) is 2.44. The molecule has 0 bridgehead atoms. The summed E-state index contributed by atoms with van der Waals surface area (Å²) in [6, 6.07) is 18.7. The second-order valence-corrected chi connectivity index (χ2v) is 5.77. The molecule has 0 atom stereocenters. The maximum Gasteiger partial charge on any atom is 0.257 e. The van der Waals surface area contributed by atoms with Gasteiger partial charge in [-0.15, -0.1) is 10.2 Å². The number of ether oxygens (including phenoxy) is 1. The van der Waals surface area contributed by atoms with Crippen molar-refractivity contribution in [3.05, 3.63) is 77.4 Å². The summed E-state index contributed by atoms with van der Waals surface area (Å²) in [5.74, 6) is 1.67. The lowest BCUT2D eigenvalue weighted by Crippen LogP contribution is -2.14. The lowest BCUT2D eigenvalue weighted by Gasteiger charge is -2.08. The molecule has 1 heterocycles. The van der Waals surface area contributed by atoms with Gasteiger partial charge in [-0.05, 0) is 48.4 Å². The van der Waals surface area contributed by atoms with E-state index in [9.17, 15) is 4.79 Å². The van der Waals surface area contributed by atoms with Crippen LogP contribution in [-0.2, 0) is 6.54 Å². The molecular formula is C20H20N4O2. The Bertz CT molecular complexity index is 877. The number of rotatable bonds is 6. The summed E-state index contributed by atoms with van der Waals surface area (Å²) in [4.78, 5) is 12.3. The molecule has 0 fully saturated rings. The molecule has 0 aliphatic carbocycles. The van der Waals surface area contributed by atoms with E-state index >= 15 is 0 Å². The van der Waals surface area contributed by atoms with E-state index in [1.54, 1.807) is 25.3 Å². The molecule has 0 saturated carbocycles. The van der Waals surface area contributed by atoms with Crippen LogP contribution in [0.4, 0.5) is 11.6 Å². The van der Waals surface area contributed by atoms with Gasteiger partial charge in [-0.3, -0.25) is 4.79 Å². The van der Waals surface area contributed by atoms with E-state index in [1.165, 1.54) is 0 Å². The van der Waals surface area contributed by atoms with Gasteiger partial charge in [0, 0.05) is 12.1 Å². The van der Waals surface area contributed by atoms with Crippen LogP contribution in [0.15, 0.2) is 60.7 Å². The van der Waals surface area contributed by atoms with Gasteiger partial charge in [0.1, 0.15) is 11.6 Å². The summed E-state index contributed by atoms with van der Waals surface area (Å²) in [5.41, 5.74) is 2.64. The average molecular weight is 348 g/mol. The Labute approximate surface area is 152 Å². The lowest BCUT2D eigenvalue weighted by molar-refractivity contribution is 0.102. The van der Waals surface area contributed by atoms with Crippen LogP contribution in [0.5, 0.6) is 5.75 Å². The molecule has 0 unspecified atom stereocenters. The van der Waals surface area contributed by atoms with Crippen LogP contribution >= 0.6 is 0 Å². The first-order valence-corrected chi connectivity index (χ1v) is 8.23. The summed E-state index contributed by atoms with van der Waals surface area (Å²) < 4.78 is 5.14. The molecule has 0 saturated heterocycles. The standard InChI is InChI=1S/C20H20N4O2/c1-14-5-3-4-6-17(14)20(25)22-19-12-11-18(23-24-19)21-13-15-7-9-16(26-2)10-8-15/h3-12H,13H2,1-2H3,(H,21,23)(H,22,24,25). The van der Waals surface area contributed by atoms with Gasteiger partial charge >= 0.3 is 0 Å². The molecule has 2 N–H and O–H groups in total. The number of benzene rings is 2. The van der Waals surface area contributed by atoms with Gasteiger partial charge in [-0.25, -0.2) is 0 Å². The molecule has 26 heavy (non-hydrogen) atoms. The first kappa shape index (κ1) is 17.4. The van der Waals surface area contributed by atoms with E-state index in [2.05, 4.69) is 20.8 Å². The number of anilines is 2. The van der Waals surface area contributed by atoms with Crippen LogP contribution in [-0.4, -0.2) is 23.2 Å². The van der Waals surface area contributed by atoms with E-state index < -0.39 is 0 Å². The Kier molecular flexibility index (Phi) is 5.43. The van der Waals surface area contributed by atoms with E-state index in [4.69, 9.17) is 4.74 Å². The minimum absolute atomic E-state index is 0.198. The Balaban J connectivity index is 1.57. The second kappa shape index (κ2) is 8.11. The Morgan fingerprint density at radius 3 is 2.31 bits per heavy atom. The minimum Gasteiger partial charge on any atom is -0.497 e. The van der Waals surface area contributed by atoms with Crippen LogP contribution in [0.25, 0.3) is 0 Å². The van der Waals surface area contributed by atoms with E-state index in [0.29, 0.717) is 23.7 Å². The van der Waals surface area contributed by atoms with Crippen molar-refractivity contribution in [1.82, 2.24) is 10.2 Å². The topological polar surface area (TPSA) is 76.1 Å². The third kappa shape index (κ3) is 4.36. The van der Waals surface area contributed by atoms with Crippen LogP contribution in [0.1, 0.15) is 21.5 Å². The highest BCUT2D eigenvalue weighted by Gasteiger charge is 2.09. The summed E-state index contributed by atoms with van der Waals surface area (Å²) in [5, 5.41) is 14.1. The number of hydrogen-bond acceptors (Lipinski definition) is 5. The van der Waals surface area contributed by atoms with Crippen molar-refractivity contribution < 1.29 is 9.53 Å². The largest absolute Gasteiger partial charge is 0.497 e. The normalized spacial score (nSPS) is 10.2. The SMILES string of the molecule is COc1ccc(CNc2ccc(NC(=O)c3ccccc3C)nn2)cc1. The number of hydrogen-bond donors (Lipinski definition) is 2. The molecule has 3 rings (SSSR count). The lowest BCUT2D eigenvalue weighted by atomic mass is 10.1. The number of carbonyl (C=O) groups excluding carboxylic acids is 1. The monoisotopic (exact) mass is 348 g/mol. The smallest absolute Gasteiger partial charge is 0.257 e. The zero-order valence-corrected chi connectivity index (χ0v) is 14.7. The number of nitrogens with zero attached hydrogens (tertiary/aromatic N) is 2. The van der Waals surface area contributed by atoms with Gasteiger partial charge < -0.3 is 15.4 Å². The number of carbonyl (C=O) groups is 1. The molecule has 6 heteroatoms. The molecule has 2 aromatic carbocycles. The van der Waals surface area contributed by atoms with Crippen molar-refractivity contribution in [2.45, 2.75) is 13.5 Å². The second-order valence-electron chi connectivity index (χ2n) is 5.77. The Morgan fingerprint density at radius 1 is 0.962 bits per heavy atom. The predicted molar refractivity (Wildman–Crippen MR) is 101 cm³/mol. The average Bonchev–Trinajstić information content (AvgIpc) is 2.68. The van der Waals surface area contributed by atoms with Crippen molar-refractivity contribution in [2.75, 3.05) is 17.7 Å². The van der Waals surface area contributed by atoms with Crippen molar-refractivity contribution in [2.24, 2.45) is 0 Å². The quantitative estimate of drug-likeness (QED) is 0.711. The number of aryl methyl sites for hydroxylation is 1. The number of methoxy groups -OCH3 is 1. The summed E-state index contributed by atoms with van der Waals surface area (Å²) >= 11 is 0. The summed E-state index contributed by atoms with van der Waals surface area (Å²) in [6.45, 7) is 2.51. The van der Waals surface area contributed by atoms with Crippen LogP contribution in [0.3, 0.4) is 0 Å². The van der Waals surface area contributed by atoms with Crippen LogP contribution < -0.4 is 15.4 Å². The van der Waals surface area contributed by atoms with E-state index in [-0.39, 0.29) is 5.91 Å².